The lowest BCUT2D eigenvalue weighted by molar-refractivity contribution is -0.141. The molecule has 1 saturated heterocycles. The van der Waals surface area contributed by atoms with E-state index in [2.05, 4.69) is 6.58 Å². The van der Waals surface area contributed by atoms with Crippen LogP contribution in [0.25, 0.3) is 0 Å². The van der Waals surface area contributed by atoms with Crippen molar-refractivity contribution in [2.75, 3.05) is 6.54 Å². The van der Waals surface area contributed by atoms with Crippen LogP contribution < -0.4 is 0 Å². The number of carboxylic acids is 1. The first-order chi connectivity index (χ1) is 5.52. The summed E-state index contributed by atoms with van der Waals surface area (Å²) in [6.45, 7) is 3.68. The summed E-state index contributed by atoms with van der Waals surface area (Å²) in [4.78, 5) is 21.9. The van der Waals surface area contributed by atoms with Gasteiger partial charge in [0.2, 0.25) is 0 Å². The third-order valence-electron chi connectivity index (χ3n) is 1.78. The molecule has 1 aliphatic rings. The quantitative estimate of drug-likeness (QED) is 0.559. The summed E-state index contributed by atoms with van der Waals surface area (Å²) in [5, 5.41) is 17.2. The molecule has 1 fully saturated rings. The molecule has 5 heteroatoms. The highest BCUT2D eigenvalue weighted by Crippen LogP contribution is 2.20. The molecule has 0 spiro atoms. The average molecular weight is 171 g/mol. The topological polar surface area (TPSA) is 77.8 Å². The Hall–Kier alpha value is -1.52. The fraction of sp³-hybridized carbons (Fsp3) is 0.429. The van der Waals surface area contributed by atoms with Gasteiger partial charge < -0.3 is 10.2 Å². The molecule has 0 saturated carbocycles. The van der Waals surface area contributed by atoms with Crippen LogP contribution in [0.15, 0.2) is 12.2 Å². The molecule has 12 heavy (non-hydrogen) atoms. The monoisotopic (exact) mass is 171 g/mol. The normalized spacial score (nSPS) is 22.8. The minimum Gasteiger partial charge on any atom is -0.480 e. The number of rotatable bonds is 1. The van der Waals surface area contributed by atoms with E-state index in [0.29, 0.717) is 5.57 Å². The first-order valence-electron chi connectivity index (χ1n) is 3.41. The number of hydrogen-bond acceptors (Lipinski definition) is 2. The number of likely N-dealkylation sites (tertiary alicyclic amines) is 1. The third kappa shape index (κ3) is 1.39. The second-order valence-corrected chi connectivity index (χ2v) is 2.72. The maximum atomic E-state index is 10.5. The molecule has 1 amide bonds. The molecule has 1 atom stereocenters. The van der Waals surface area contributed by atoms with Crippen molar-refractivity contribution in [3.05, 3.63) is 12.2 Å². The molecular formula is C7H9NO4. The molecule has 0 aromatic heterocycles. The lowest BCUT2D eigenvalue weighted by Crippen LogP contribution is -2.39. The Balaban J connectivity index is 2.79. The number of carbonyl (C=O) groups is 2. The van der Waals surface area contributed by atoms with E-state index in [-0.39, 0.29) is 13.0 Å². The van der Waals surface area contributed by atoms with E-state index in [1.807, 2.05) is 0 Å². The Morgan fingerprint density at radius 1 is 1.50 bits per heavy atom. The van der Waals surface area contributed by atoms with Crippen LogP contribution in [0.1, 0.15) is 6.42 Å². The van der Waals surface area contributed by atoms with Gasteiger partial charge in [0, 0.05) is 13.0 Å². The number of aliphatic carboxylic acids is 1. The van der Waals surface area contributed by atoms with E-state index >= 15 is 0 Å². The highest BCUT2D eigenvalue weighted by atomic mass is 16.4. The second-order valence-electron chi connectivity index (χ2n) is 2.72. The Labute approximate surface area is 68.9 Å². The molecule has 2 N–H and O–H groups in total. The van der Waals surface area contributed by atoms with E-state index in [4.69, 9.17) is 10.2 Å². The molecule has 0 aromatic rings. The molecule has 0 aromatic carbocycles. The summed E-state index contributed by atoms with van der Waals surface area (Å²) in [6, 6.07) is -0.949. The van der Waals surface area contributed by atoms with Crippen molar-refractivity contribution in [2.45, 2.75) is 12.5 Å². The summed E-state index contributed by atoms with van der Waals surface area (Å²) >= 11 is 0. The van der Waals surface area contributed by atoms with Crippen molar-refractivity contribution in [1.82, 2.24) is 4.90 Å². The molecule has 1 unspecified atom stereocenters. The van der Waals surface area contributed by atoms with Gasteiger partial charge in [0.25, 0.3) is 0 Å². The Kier molecular flexibility index (Phi) is 2.03. The smallest absolute Gasteiger partial charge is 0.408 e. The summed E-state index contributed by atoms with van der Waals surface area (Å²) in [7, 11) is 0. The SMILES string of the molecule is C=C1CC(C(=O)O)N(C(=O)O)C1. The molecule has 1 aliphatic heterocycles. The van der Waals surface area contributed by atoms with E-state index in [1.165, 1.54) is 0 Å². The molecule has 1 rings (SSSR count). The number of nitrogens with zero attached hydrogens (tertiary/aromatic N) is 1. The molecule has 0 bridgehead atoms. The zero-order chi connectivity index (χ0) is 9.30. The fourth-order valence-corrected chi connectivity index (χ4v) is 1.22. The zero-order valence-electron chi connectivity index (χ0n) is 6.36. The van der Waals surface area contributed by atoms with Crippen LogP contribution in [0.5, 0.6) is 0 Å². The van der Waals surface area contributed by atoms with Gasteiger partial charge >= 0.3 is 12.1 Å². The summed E-state index contributed by atoms with van der Waals surface area (Å²) in [5.41, 5.74) is 0.643. The van der Waals surface area contributed by atoms with Crippen LogP contribution in [0.3, 0.4) is 0 Å². The highest BCUT2D eigenvalue weighted by Gasteiger charge is 2.35. The standard InChI is InChI=1S/C7H9NO4/c1-4-2-5(6(9)10)8(3-4)7(11)12/h5H,1-3H2,(H,9,10)(H,11,12). The molecule has 1 heterocycles. The van der Waals surface area contributed by atoms with Crippen LogP contribution in [0, 0.1) is 0 Å². The van der Waals surface area contributed by atoms with Gasteiger partial charge in [0.05, 0.1) is 0 Å². The van der Waals surface area contributed by atoms with Gasteiger partial charge in [-0.2, -0.15) is 0 Å². The second kappa shape index (κ2) is 2.84. The fourth-order valence-electron chi connectivity index (χ4n) is 1.22. The highest BCUT2D eigenvalue weighted by molar-refractivity contribution is 5.81. The van der Waals surface area contributed by atoms with Crippen molar-refractivity contribution >= 4 is 12.1 Å². The molecule has 5 nitrogen and oxygen atoms in total. The number of amides is 1. The first kappa shape index (κ1) is 8.58. The maximum absolute atomic E-state index is 10.5. The Bertz CT molecular complexity index is 224. The van der Waals surface area contributed by atoms with Crippen molar-refractivity contribution in [1.29, 1.82) is 0 Å². The zero-order valence-corrected chi connectivity index (χ0v) is 6.36. The van der Waals surface area contributed by atoms with Crippen molar-refractivity contribution in [2.24, 2.45) is 0 Å². The van der Waals surface area contributed by atoms with Gasteiger partial charge in [-0.15, -0.1) is 0 Å². The van der Waals surface area contributed by atoms with Gasteiger partial charge in [-0.05, 0) is 0 Å². The van der Waals surface area contributed by atoms with Crippen LogP contribution in [0.4, 0.5) is 4.79 Å². The maximum Gasteiger partial charge on any atom is 0.408 e. The van der Waals surface area contributed by atoms with Gasteiger partial charge in [-0.1, -0.05) is 12.2 Å². The minimum absolute atomic E-state index is 0.131. The van der Waals surface area contributed by atoms with Gasteiger partial charge in [-0.3, -0.25) is 4.90 Å². The van der Waals surface area contributed by atoms with E-state index in [1.54, 1.807) is 0 Å². The van der Waals surface area contributed by atoms with E-state index in [9.17, 15) is 9.59 Å². The van der Waals surface area contributed by atoms with Crippen molar-refractivity contribution in [3.8, 4) is 0 Å². The lowest BCUT2D eigenvalue weighted by atomic mass is 10.2. The van der Waals surface area contributed by atoms with Gasteiger partial charge in [0.15, 0.2) is 0 Å². The van der Waals surface area contributed by atoms with Crippen LogP contribution >= 0.6 is 0 Å². The number of carboxylic acid groups (broad SMARTS) is 2. The van der Waals surface area contributed by atoms with E-state index < -0.39 is 18.1 Å². The molecule has 0 aliphatic carbocycles. The van der Waals surface area contributed by atoms with Gasteiger partial charge in [-0.25, -0.2) is 9.59 Å². The Morgan fingerprint density at radius 3 is 2.42 bits per heavy atom. The van der Waals surface area contributed by atoms with E-state index in [0.717, 1.165) is 4.90 Å². The van der Waals surface area contributed by atoms with Crippen LogP contribution in [-0.2, 0) is 4.79 Å². The molecular weight excluding hydrogens is 162 g/mol. The largest absolute Gasteiger partial charge is 0.480 e. The third-order valence-corrected chi connectivity index (χ3v) is 1.78. The first-order valence-corrected chi connectivity index (χ1v) is 3.41. The summed E-state index contributed by atoms with van der Waals surface area (Å²) in [6.07, 6.45) is -0.984. The van der Waals surface area contributed by atoms with Crippen molar-refractivity contribution in [3.63, 3.8) is 0 Å². The molecule has 0 radical (unpaired) electrons. The van der Waals surface area contributed by atoms with Crippen molar-refractivity contribution < 1.29 is 19.8 Å². The lowest BCUT2D eigenvalue weighted by Gasteiger charge is -2.16. The van der Waals surface area contributed by atoms with Crippen LogP contribution in [-0.4, -0.2) is 39.8 Å². The van der Waals surface area contributed by atoms with Crippen LogP contribution in [0.2, 0.25) is 0 Å². The molecule has 66 valence electrons. The number of hydrogen-bond donors (Lipinski definition) is 2. The predicted molar refractivity (Wildman–Crippen MR) is 39.9 cm³/mol. The Morgan fingerprint density at radius 2 is 2.08 bits per heavy atom. The predicted octanol–water partition coefficient (Wildman–Crippen LogP) is 0.380. The van der Waals surface area contributed by atoms with Gasteiger partial charge in [0.1, 0.15) is 6.04 Å². The summed E-state index contributed by atoms with van der Waals surface area (Å²) < 4.78 is 0. The minimum atomic E-state index is -1.21. The average Bonchev–Trinajstić information content (AvgIpc) is 2.31. The summed E-state index contributed by atoms with van der Waals surface area (Å²) in [5.74, 6) is -1.11.